The van der Waals surface area contributed by atoms with E-state index >= 15 is 0 Å². The SMILES string of the molecule is CCCCC1(c2ccc(CC(N)c3ccccn3)cc2)CC1. The van der Waals surface area contributed by atoms with Crippen molar-refractivity contribution in [2.75, 3.05) is 0 Å². The lowest BCUT2D eigenvalue weighted by molar-refractivity contribution is 0.575. The maximum Gasteiger partial charge on any atom is 0.0574 e. The van der Waals surface area contributed by atoms with Crippen LogP contribution in [0.5, 0.6) is 0 Å². The van der Waals surface area contributed by atoms with Gasteiger partial charge in [0.25, 0.3) is 0 Å². The summed E-state index contributed by atoms with van der Waals surface area (Å²) < 4.78 is 0. The van der Waals surface area contributed by atoms with Gasteiger partial charge < -0.3 is 5.73 Å². The molecule has 2 aromatic rings. The van der Waals surface area contributed by atoms with Crippen LogP contribution < -0.4 is 5.73 Å². The zero-order chi connectivity index (χ0) is 15.4. The molecule has 1 heterocycles. The molecule has 22 heavy (non-hydrogen) atoms. The summed E-state index contributed by atoms with van der Waals surface area (Å²) in [7, 11) is 0. The highest BCUT2D eigenvalue weighted by atomic mass is 14.8. The predicted octanol–water partition coefficient (Wildman–Crippen LogP) is 4.55. The lowest BCUT2D eigenvalue weighted by Gasteiger charge is -2.16. The average Bonchev–Trinajstić information content (AvgIpc) is 3.35. The number of hydrogen-bond donors (Lipinski definition) is 1. The van der Waals surface area contributed by atoms with Gasteiger partial charge in [-0.1, -0.05) is 50.1 Å². The quantitative estimate of drug-likeness (QED) is 0.814. The van der Waals surface area contributed by atoms with Gasteiger partial charge in [-0.25, -0.2) is 0 Å². The van der Waals surface area contributed by atoms with Crippen molar-refractivity contribution in [1.29, 1.82) is 0 Å². The zero-order valence-electron chi connectivity index (χ0n) is 13.5. The van der Waals surface area contributed by atoms with Crippen molar-refractivity contribution in [3.05, 3.63) is 65.5 Å². The molecule has 1 aromatic heterocycles. The van der Waals surface area contributed by atoms with Crippen molar-refractivity contribution in [2.24, 2.45) is 5.73 Å². The minimum Gasteiger partial charge on any atom is -0.322 e. The molecule has 1 saturated carbocycles. The Bertz CT molecular complexity index is 585. The van der Waals surface area contributed by atoms with Crippen LogP contribution in [0.1, 0.15) is 61.9 Å². The summed E-state index contributed by atoms with van der Waals surface area (Å²) in [6, 6.07) is 15.1. The standard InChI is InChI=1S/C20H26N2/c1-2-3-11-20(12-13-20)17-9-7-16(8-10-17)15-18(21)19-6-4-5-14-22-19/h4-10,14,18H,2-3,11-13,15,21H2,1H3. The molecule has 2 heteroatoms. The van der Waals surface area contributed by atoms with Crippen LogP contribution in [-0.2, 0) is 11.8 Å². The van der Waals surface area contributed by atoms with Crippen LogP contribution in [-0.4, -0.2) is 4.98 Å². The Morgan fingerprint density at radius 1 is 1.14 bits per heavy atom. The number of hydrogen-bond acceptors (Lipinski definition) is 2. The second kappa shape index (κ2) is 6.62. The third kappa shape index (κ3) is 3.38. The Kier molecular flexibility index (Phi) is 4.58. The minimum atomic E-state index is -0.0259. The van der Waals surface area contributed by atoms with E-state index in [-0.39, 0.29) is 6.04 Å². The van der Waals surface area contributed by atoms with E-state index < -0.39 is 0 Å². The third-order valence-corrected chi connectivity index (χ3v) is 4.95. The minimum absolute atomic E-state index is 0.0259. The Morgan fingerprint density at radius 2 is 1.91 bits per heavy atom. The van der Waals surface area contributed by atoms with Gasteiger partial charge in [0.05, 0.1) is 11.7 Å². The first-order chi connectivity index (χ1) is 10.7. The fraction of sp³-hybridized carbons (Fsp3) is 0.450. The summed E-state index contributed by atoms with van der Waals surface area (Å²) in [5.41, 5.74) is 10.6. The van der Waals surface area contributed by atoms with Crippen molar-refractivity contribution < 1.29 is 0 Å². The molecule has 0 spiro atoms. The summed E-state index contributed by atoms with van der Waals surface area (Å²) in [5.74, 6) is 0. The molecule has 1 unspecified atom stereocenters. The second-order valence-electron chi connectivity index (χ2n) is 6.65. The van der Waals surface area contributed by atoms with Crippen LogP contribution in [0.3, 0.4) is 0 Å². The molecule has 0 radical (unpaired) electrons. The number of unbranched alkanes of at least 4 members (excludes halogenated alkanes) is 1. The van der Waals surface area contributed by atoms with Gasteiger partial charge in [0.1, 0.15) is 0 Å². The van der Waals surface area contributed by atoms with Crippen LogP contribution in [0.4, 0.5) is 0 Å². The van der Waals surface area contributed by atoms with E-state index in [0.29, 0.717) is 5.41 Å². The first-order valence-electron chi connectivity index (χ1n) is 8.49. The molecule has 2 nitrogen and oxygen atoms in total. The van der Waals surface area contributed by atoms with Crippen LogP contribution in [0, 0.1) is 0 Å². The van der Waals surface area contributed by atoms with E-state index in [4.69, 9.17) is 5.73 Å². The summed E-state index contributed by atoms with van der Waals surface area (Å²) >= 11 is 0. The largest absolute Gasteiger partial charge is 0.322 e. The highest BCUT2D eigenvalue weighted by Gasteiger charge is 2.42. The number of benzene rings is 1. The number of nitrogens with zero attached hydrogens (tertiary/aromatic N) is 1. The fourth-order valence-corrected chi connectivity index (χ4v) is 3.30. The molecule has 116 valence electrons. The molecular weight excluding hydrogens is 268 g/mol. The van der Waals surface area contributed by atoms with E-state index in [1.807, 2.05) is 24.4 Å². The fourth-order valence-electron chi connectivity index (χ4n) is 3.30. The summed E-state index contributed by atoms with van der Waals surface area (Å²) in [4.78, 5) is 4.35. The van der Waals surface area contributed by atoms with E-state index in [1.54, 1.807) is 0 Å². The van der Waals surface area contributed by atoms with Gasteiger partial charge in [-0.05, 0) is 54.4 Å². The van der Waals surface area contributed by atoms with E-state index in [0.717, 1.165) is 12.1 Å². The van der Waals surface area contributed by atoms with Gasteiger partial charge in [0, 0.05) is 6.20 Å². The molecule has 0 amide bonds. The van der Waals surface area contributed by atoms with Crippen LogP contribution >= 0.6 is 0 Å². The van der Waals surface area contributed by atoms with Gasteiger partial charge in [-0.2, -0.15) is 0 Å². The highest BCUT2D eigenvalue weighted by molar-refractivity contribution is 5.34. The third-order valence-electron chi connectivity index (χ3n) is 4.95. The van der Waals surface area contributed by atoms with Gasteiger partial charge in [-0.3, -0.25) is 4.98 Å². The molecule has 1 fully saturated rings. The number of pyridine rings is 1. The molecule has 1 atom stereocenters. The smallest absolute Gasteiger partial charge is 0.0574 e. The summed E-state index contributed by atoms with van der Waals surface area (Å²) in [6.07, 6.45) is 9.35. The van der Waals surface area contributed by atoms with Crippen molar-refractivity contribution in [1.82, 2.24) is 4.98 Å². The summed E-state index contributed by atoms with van der Waals surface area (Å²) in [5, 5.41) is 0. The number of aromatic nitrogens is 1. The second-order valence-corrected chi connectivity index (χ2v) is 6.65. The van der Waals surface area contributed by atoms with Crippen molar-refractivity contribution in [3.8, 4) is 0 Å². The molecule has 1 aromatic carbocycles. The predicted molar refractivity (Wildman–Crippen MR) is 91.7 cm³/mol. The van der Waals surface area contributed by atoms with E-state index in [9.17, 15) is 0 Å². The first-order valence-corrected chi connectivity index (χ1v) is 8.49. The van der Waals surface area contributed by atoms with Crippen molar-refractivity contribution in [3.63, 3.8) is 0 Å². The van der Waals surface area contributed by atoms with Crippen molar-refractivity contribution in [2.45, 2.75) is 56.9 Å². The monoisotopic (exact) mass is 294 g/mol. The van der Waals surface area contributed by atoms with Crippen LogP contribution in [0.15, 0.2) is 48.7 Å². The van der Waals surface area contributed by atoms with Gasteiger partial charge >= 0.3 is 0 Å². The lowest BCUT2D eigenvalue weighted by atomic mass is 9.89. The molecule has 2 N–H and O–H groups in total. The van der Waals surface area contributed by atoms with E-state index in [2.05, 4.69) is 36.2 Å². The first kappa shape index (κ1) is 15.2. The molecular formula is C20H26N2. The zero-order valence-corrected chi connectivity index (χ0v) is 13.5. The van der Waals surface area contributed by atoms with Crippen LogP contribution in [0.25, 0.3) is 0 Å². The molecule has 1 aliphatic carbocycles. The van der Waals surface area contributed by atoms with Gasteiger partial charge in [0.2, 0.25) is 0 Å². The Balaban J connectivity index is 1.65. The Morgan fingerprint density at radius 3 is 2.50 bits per heavy atom. The molecule has 0 saturated heterocycles. The average molecular weight is 294 g/mol. The highest BCUT2D eigenvalue weighted by Crippen LogP contribution is 2.51. The lowest BCUT2D eigenvalue weighted by Crippen LogP contribution is -2.15. The van der Waals surface area contributed by atoms with E-state index in [1.165, 1.54) is 43.2 Å². The normalized spacial score (nSPS) is 17.2. The topological polar surface area (TPSA) is 38.9 Å². The van der Waals surface area contributed by atoms with Crippen molar-refractivity contribution >= 4 is 0 Å². The molecule has 0 bridgehead atoms. The Hall–Kier alpha value is -1.67. The van der Waals surface area contributed by atoms with Crippen LogP contribution in [0.2, 0.25) is 0 Å². The van der Waals surface area contributed by atoms with Gasteiger partial charge in [0.15, 0.2) is 0 Å². The Labute approximate surface area is 133 Å². The van der Waals surface area contributed by atoms with Gasteiger partial charge in [-0.15, -0.1) is 0 Å². The number of rotatable bonds is 7. The maximum atomic E-state index is 6.27. The number of nitrogens with two attached hydrogens (primary N) is 1. The summed E-state index contributed by atoms with van der Waals surface area (Å²) in [6.45, 7) is 2.28. The molecule has 1 aliphatic rings. The maximum absolute atomic E-state index is 6.27. The molecule has 0 aliphatic heterocycles. The molecule has 3 rings (SSSR count).